The fourth-order valence-corrected chi connectivity index (χ4v) is 0. The Labute approximate surface area is 105 Å². The van der Waals surface area contributed by atoms with Crippen LogP contribution in [0.1, 0.15) is 0 Å². The molecule has 0 heterocycles. The van der Waals surface area contributed by atoms with Crippen molar-refractivity contribution < 1.29 is 74.4 Å². The fraction of sp³-hybridized carbons (Fsp3) is 0. The minimum Gasteiger partial charge on any atom is -1.00 e. The maximum Gasteiger partial charge on any atom is 3.00 e. The van der Waals surface area contributed by atoms with Crippen LogP contribution in [0.15, 0.2) is 0 Å². The number of rotatable bonds is 0. The van der Waals surface area contributed by atoms with Crippen LogP contribution in [0.4, 0.5) is 0 Å². The Morgan fingerprint density at radius 1 is 1.25 bits per heavy atom. The molecule has 0 aliphatic heterocycles. The van der Waals surface area contributed by atoms with E-state index in [0.29, 0.717) is 0 Å². The summed E-state index contributed by atoms with van der Waals surface area (Å²) in [6.07, 6.45) is 0. The molecule has 0 radical (unpaired) electrons. The zero-order chi connectivity index (χ0) is 3.58. The van der Waals surface area contributed by atoms with Crippen LogP contribution in [0.25, 0.3) is 0 Å². The first kappa shape index (κ1) is 33.5. The molecule has 40 valence electrons. The molecule has 0 rings (SSSR count). The van der Waals surface area contributed by atoms with E-state index in [-0.39, 0.29) is 86.6 Å². The standard InChI is InChI=1S/Al.ClH.K.NO3.H2O/c;;;2-1(3)4;/h;1H;;;1H2/q+3;;+1;-1;/p-2. The Kier molecular flexibility index (Phi) is 98.2. The van der Waals surface area contributed by atoms with Gasteiger partial charge in [-0.05, 0) is 0 Å². The molecule has 8 heteroatoms. The van der Waals surface area contributed by atoms with Gasteiger partial charge in [-0.25, -0.2) is 0 Å². The van der Waals surface area contributed by atoms with Gasteiger partial charge < -0.3 is 33.2 Å². The van der Waals surface area contributed by atoms with Crippen molar-refractivity contribution >= 4 is 17.4 Å². The predicted molar refractivity (Wildman–Crippen MR) is 18.1 cm³/mol. The van der Waals surface area contributed by atoms with Gasteiger partial charge in [-0.15, -0.1) is 0 Å². The van der Waals surface area contributed by atoms with Gasteiger partial charge in [0.15, 0.2) is 0 Å². The van der Waals surface area contributed by atoms with Crippen molar-refractivity contribution in [2.45, 2.75) is 0 Å². The van der Waals surface area contributed by atoms with E-state index < -0.39 is 5.09 Å². The Morgan fingerprint density at radius 2 is 1.25 bits per heavy atom. The van der Waals surface area contributed by atoms with Crippen LogP contribution in [-0.4, -0.2) is 27.9 Å². The average molecular weight is 181 g/mol. The summed E-state index contributed by atoms with van der Waals surface area (Å²) in [6.45, 7) is 0. The van der Waals surface area contributed by atoms with E-state index in [4.69, 9.17) is 15.3 Å². The predicted octanol–water partition coefficient (Wildman–Crippen LogP) is -6.79. The van der Waals surface area contributed by atoms with Gasteiger partial charge in [-0.1, -0.05) is 0 Å². The zero-order valence-electron chi connectivity index (χ0n) is 4.07. The summed E-state index contributed by atoms with van der Waals surface area (Å²) in [7, 11) is 0. The van der Waals surface area contributed by atoms with Crippen LogP contribution in [0, 0.1) is 15.3 Å². The molecule has 0 aliphatic carbocycles. The van der Waals surface area contributed by atoms with Gasteiger partial charge >= 0.3 is 68.7 Å². The number of nitrogens with zero attached hydrogens (tertiary/aromatic N) is 1. The molecule has 5 nitrogen and oxygen atoms in total. The summed E-state index contributed by atoms with van der Waals surface area (Å²) in [5.41, 5.74) is 0. The molecule has 8 heavy (non-hydrogen) atoms. The molecule has 0 unspecified atom stereocenters. The topological polar surface area (TPSA) is 96.2 Å². The van der Waals surface area contributed by atoms with Crippen LogP contribution in [-0.2, 0) is 0 Å². The quantitative estimate of drug-likeness (QED) is 0.210. The molecule has 1 N–H and O–H groups in total. The van der Waals surface area contributed by atoms with Crippen LogP contribution in [0.3, 0.4) is 0 Å². The summed E-state index contributed by atoms with van der Waals surface area (Å²) >= 11 is 0. The normalized spacial score (nSPS) is 3.00. The molecule has 0 atom stereocenters. The summed E-state index contributed by atoms with van der Waals surface area (Å²) < 4.78 is 0. The smallest absolute Gasteiger partial charge is 1.00 e. The van der Waals surface area contributed by atoms with Crippen molar-refractivity contribution in [2.24, 2.45) is 0 Å². The van der Waals surface area contributed by atoms with E-state index in [0.717, 1.165) is 0 Å². The van der Waals surface area contributed by atoms with E-state index in [1.165, 1.54) is 0 Å². The molecule has 0 aliphatic rings. The third-order valence-electron chi connectivity index (χ3n) is 0. The maximum absolute atomic E-state index is 8.25. The minimum absolute atomic E-state index is 0. The summed E-state index contributed by atoms with van der Waals surface area (Å²) in [5, 5.41) is 14.8. The van der Waals surface area contributed by atoms with Gasteiger partial charge in [0, 0.05) is 0 Å². The van der Waals surface area contributed by atoms with Gasteiger partial charge in [-0.3, -0.25) is 0 Å². The van der Waals surface area contributed by atoms with Gasteiger partial charge in [-0.2, -0.15) is 0 Å². The first-order valence-corrected chi connectivity index (χ1v) is 0.548. The monoisotopic (exact) mass is 180 g/mol. The fourth-order valence-electron chi connectivity index (χ4n) is 0. The van der Waals surface area contributed by atoms with E-state index in [9.17, 15) is 0 Å². The van der Waals surface area contributed by atoms with Crippen molar-refractivity contribution in [1.82, 2.24) is 0 Å². The summed E-state index contributed by atoms with van der Waals surface area (Å²) in [4.78, 5) is 8.25. The number of halogens is 1. The van der Waals surface area contributed by atoms with Crippen molar-refractivity contribution in [3.05, 3.63) is 15.3 Å². The Balaban J connectivity index is -0.00000000750. The molecular formula is HAlClKNO4+. The van der Waals surface area contributed by atoms with Crippen molar-refractivity contribution in [1.29, 1.82) is 0 Å². The van der Waals surface area contributed by atoms with Gasteiger partial charge in [0.25, 0.3) is 0 Å². The van der Waals surface area contributed by atoms with Crippen LogP contribution in [0.2, 0.25) is 0 Å². The molecule has 0 saturated carbocycles. The molecule has 0 aromatic carbocycles. The van der Waals surface area contributed by atoms with E-state index >= 15 is 0 Å². The number of hydrogen-bond acceptors (Lipinski definition) is 4. The molecular weight excluding hydrogens is 180 g/mol. The van der Waals surface area contributed by atoms with Crippen molar-refractivity contribution in [3.63, 3.8) is 0 Å². The summed E-state index contributed by atoms with van der Waals surface area (Å²) in [5.74, 6) is 0. The van der Waals surface area contributed by atoms with E-state index in [1.54, 1.807) is 0 Å². The third kappa shape index (κ3) is 127. The Hall–Kier alpha value is 1.62. The van der Waals surface area contributed by atoms with Crippen LogP contribution >= 0.6 is 0 Å². The molecule has 0 amide bonds. The largest absolute Gasteiger partial charge is 3.00 e. The minimum atomic E-state index is -1.75. The Bertz CT molecular complexity index is 39.0. The van der Waals surface area contributed by atoms with Gasteiger partial charge in [0.05, 0.1) is 5.09 Å². The zero-order valence-corrected chi connectivity index (χ0v) is 9.11. The Morgan fingerprint density at radius 3 is 1.25 bits per heavy atom. The molecule has 0 saturated heterocycles. The van der Waals surface area contributed by atoms with Gasteiger partial charge in [0.1, 0.15) is 0 Å². The van der Waals surface area contributed by atoms with Crippen molar-refractivity contribution in [2.75, 3.05) is 0 Å². The second-order valence-corrected chi connectivity index (χ2v) is 0.224. The first-order chi connectivity index (χ1) is 1.73. The average Bonchev–Trinajstić information content (AvgIpc) is 0.811. The second kappa shape index (κ2) is 23.5. The molecule has 0 aromatic heterocycles. The SMILES string of the molecule is O=[N+]([O-])[O-].[Al+3].[Cl-].[K+].[OH-]. The number of hydrogen-bond donors (Lipinski definition) is 0. The van der Waals surface area contributed by atoms with Crippen molar-refractivity contribution in [3.8, 4) is 0 Å². The van der Waals surface area contributed by atoms with Crippen LogP contribution < -0.4 is 63.8 Å². The molecule has 0 fully saturated rings. The maximum atomic E-state index is 8.25. The summed E-state index contributed by atoms with van der Waals surface area (Å²) in [6, 6.07) is 0. The first-order valence-electron chi connectivity index (χ1n) is 0.548. The van der Waals surface area contributed by atoms with E-state index in [2.05, 4.69) is 0 Å². The third-order valence-corrected chi connectivity index (χ3v) is 0. The van der Waals surface area contributed by atoms with Gasteiger partial charge in [0.2, 0.25) is 0 Å². The second-order valence-electron chi connectivity index (χ2n) is 0.224. The van der Waals surface area contributed by atoms with E-state index in [1.807, 2.05) is 0 Å². The molecule has 0 spiro atoms. The molecule has 0 bridgehead atoms. The molecule has 0 aromatic rings. The van der Waals surface area contributed by atoms with Crippen LogP contribution in [0.5, 0.6) is 0 Å².